The van der Waals surface area contributed by atoms with Gasteiger partial charge in [0.05, 0.1) is 19.3 Å². The first-order valence-corrected chi connectivity index (χ1v) is 15.0. The summed E-state index contributed by atoms with van der Waals surface area (Å²) in [6.07, 6.45) is -3.53. The Morgan fingerprint density at radius 3 is 2.40 bits per heavy atom. The quantitative estimate of drug-likeness (QED) is 0.103. The Hall–Kier alpha value is -5.20. The number of ether oxygens (including phenoxy) is 4. The summed E-state index contributed by atoms with van der Waals surface area (Å²) in [5.41, 5.74) is 3.75. The number of aromatic nitrogens is 1. The number of carbonyl (C=O) groups excluding carboxylic acids is 2. The maximum absolute atomic E-state index is 14.3. The molecule has 0 fully saturated rings. The second-order valence-corrected chi connectivity index (χ2v) is 10.7. The van der Waals surface area contributed by atoms with Gasteiger partial charge >= 0.3 is 12.1 Å². The van der Waals surface area contributed by atoms with E-state index in [4.69, 9.17) is 24.7 Å². The summed E-state index contributed by atoms with van der Waals surface area (Å²) in [6.45, 7) is 7.63. The highest BCUT2D eigenvalue weighted by Gasteiger charge is 2.52. The smallest absolute Gasteiger partial charge is 0.491 e. The standard InChI is InChI=1S/C34H37F3N4O6/c1-5-17-45-27-10-8-7-9-23(27)20-40-31(42)33(47-32(43)34(35,36)37,24-11-14-28(46-21(3)4)29(19-24)44-6-2)41-25-12-13-26-22(18-25)15-16-39-30(26)38/h7-16,18-19,21,41H,5-6,17,20H2,1-4H3,(H2,38,39)(H,40,42). The number of benzene rings is 3. The lowest BCUT2D eigenvalue weighted by Crippen LogP contribution is -2.54. The molecule has 0 saturated heterocycles. The molecule has 0 saturated carbocycles. The number of carbonyl (C=O) groups is 2. The van der Waals surface area contributed by atoms with E-state index in [1.807, 2.05) is 6.92 Å². The van der Waals surface area contributed by atoms with Crippen LogP contribution in [-0.2, 0) is 26.6 Å². The van der Waals surface area contributed by atoms with Crippen LogP contribution in [0.2, 0.25) is 0 Å². The highest BCUT2D eigenvalue weighted by atomic mass is 19.4. The second-order valence-electron chi connectivity index (χ2n) is 10.7. The third-order valence-electron chi connectivity index (χ3n) is 6.80. The van der Waals surface area contributed by atoms with Crippen LogP contribution in [0.25, 0.3) is 10.8 Å². The minimum absolute atomic E-state index is 0.122. The summed E-state index contributed by atoms with van der Waals surface area (Å²) >= 11 is 0. The molecule has 13 heteroatoms. The van der Waals surface area contributed by atoms with Gasteiger partial charge in [-0.2, -0.15) is 13.2 Å². The first-order chi connectivity index (χ1) is 22.4. The zero-order valence-corrected chi connectivity index (χ0v) is 26.4. The van der Waals surface area contributed by atoms with E-state index in [9.17, 15) is 22.8 Å². The molecule has 250 valence electrons. The highest BCUT2D eigenvalue weighted by Crippen LogP contribution is 2.38. The minimum atomic E-state index is -5.44. The molecule has 4 rings (SSSR count). The predicted molar refractivity (Wildman–Crippen MR) is 171 cm³/mol. The first kappa shape index (κ1) is 34.7. The van der Waals surface area contributed by atoms with Crippen molar-refractivity contribution in [3.8, 4) is 17.2 Å². The van der Waals surface area contributed by atoms with Gasteiger partial charge in [-0.25, -0.2) is 9.78 Å². The number of hydrogen-bond acceptors (Lipinski definition) is 9. The maximum atomic E-state index is 14.3. The van der Waals surface area contributed by atoms with Crippen LogP contribution in [-0.4, -0.2) is 42.4 Å². The topological polar surface area (TPSA) is 134 Å². The number of hydrogen-bond donors (Lipinski definition) is 3. The zero-order valence-electron chi connectivity index (χ0n) is 26.4. The second kappa shape index (κ2) is 14.9. The van der Waals surface area contributed by atoms with E-state index in [-0.39, 0.29) is 47.8 Å². The predicted octanol–water partition coefficient (Wildman–Crippen LogP) is 6.48. The fourth-order valence-electron chi connectivity index (χ4n) is 4.72. The molecule has 4 N–H and O–H groups in total. The van der Waals surface area contributed by atoms with Gasteiger partial charge < -0.3 is 35.3 Å². The van der Waals surface area contributed by atoms with Crippen molar-refractivity contribution in [3.05, 3.63) is 84.1 Å². The molecule has 4 aromatic rings. The molecule has 1 amide bonds. The molecular weight excluding hydrogens is 617 g/mol. The van der Waals surface area contributed by atoms with Crippen molar-refractivity contribution in [1.82, 2.24) is 10.3 Å². The lowest BCUT2D eigenvalue weighted by Gasteiger charge is -2.35. The van der Waals surface area contributed by atoms with Gasteiger partial charge in [-0.3, -0.25) is 4.79 Å². The lowest BCUT2D eigenvalue weighted by molar-refractivity contribution is -0.213. The Balaban J connectivity index is 1.89. The third-order valence-corrected chi connectivity index (χ3v) is 6.80. The summed E-state index contributed by atoms with van der Waals surface area (Å²) in [6, 6.07) is 17.2. The number of nitrogen functional groups attached to an aromatic ring is 1. The van der Waals surface area contributed by atoms with Gasteiger partial charge in [-0.1, -0.05) is 25.1 Å². The number of nitrogens with two attached hydrogens (primary N) is 1. The molecule has 0 bridgehead atoms. The number of halogens is 3. The SMILES string of the molecule is CCCOc1ccccc1CNC(=O)C(Nc1ccc2c(N)nccc2c1)(OC(=O)C(F)(F)F)c1ccc(OC(C)C)c(OCC)c1. The fraction of sp³-hybridized carbons (Fsp3) is 0.324. The molecule has 0 radical (unpaired) electrons. The summed E-state index contributed by atoms with van der Waals surface area (Å²) in [5.74, 6) is -2.59. The molecule has 47 heavy (non-hydrogen) atoms. The number of alkyl halides is 3. The van der Waals surface area contributed by atoms with Crippen LogP contribution >= 0.6 is 0 Å². The van der Waals surface area contributed by atoms with E-state index in [1.165, 1.54) is 30.5 Å². The molecule has 1 atom stereocenters. The number of esters is 1. The Bertz CT molecular complexity index is 1720. The number of nitrogens with zero attached hydrogens (tertiary/aromatic N) is 1. The van der Waals surface area contributed by atoms with Gasteiger partial charge in [0.1, 0.15) is 11.6 Å². The minimum Gasteiger partial charge on any atom is -0.493 e. The van der Waals surface area contributed by atoms with Crippen molar-refractivity contribution in [2.45, 2.75) is 58.7 Å². The molecule has 0 aliphatic heterocycles. The van der Waals surface area contributed by atoms with Crippen molar-refractivity contribution in [2.24, 2.45) is 0 Å². The molecule has 1 aromatic heterocycles. The number of pyridine rings is 1. The molecule has 1 heterocycles. The number of fused-ring (bicyclic) bond motifs is 1. The average molecular weight is 655 g/mol. The Kier molecular flexibility index (Phi) is 11.0. The van der Waals surface area contributed by atoms with Crippen LogP contribution < -0.4 is 30.6 Å². The van der Waals surface area contributed by atoms with E-state index in [2.05, 4.69) is 15.6 Å². The van der Waals surface area contributed by atoms with E-state index in [0.29, 0.717) is 28.7 Å². The number of amides is 1. The number of rotatable bonds is 14. The fourth-order valence-corrected chi connectivity index (χ4v) is 4.72. The molecule has 1 unspecified atom stereocenters. The highest BCUT2D eigenvalue weighted by molar-refractivity contribution is 5.95. The molecule has 0 aliphatic rings. The van der Waals surface area contributed by atoms with Crippen LogP contribution in [0.1, 0.15) is 45.2 Å². The molecule has 0 spiro atoms. The number of anilines is 2. The van der Waals surface area contributed by atoms with Crippen LogP contribution in [0, 0.1) is 0 Å². The van der Waals surface area contributed by atoms with Gasteiger partial charge in [0.2, 0.25) is 0 Å². The third kappa shape index (κ3) is 8.34. The van der Waals surface area contributed by atoms with Crippen LogP contribution in [0.15, 0.2) is 72.9 Å². The van der Waals surface area contributed by atoms with E-state index < -0.39 is 23.8 Å². The Labute approximate surface area is 270 Å². The number of para-hydroxylation sites is 1. The Morgan fingerprint density at radius 1 is 0.936 bits per heavy atom. The van der Waals surface area contributed by atoms with Crippen LogP contribution in [0.4, 0.5) is 24.7 Å². The number of nitrogens with one attached hydrogen (secondary N) is 2. The summed E-state index contributed by atoms with van der Waals surface area (Å²) in [5, 5.41) is 6.58. The van der Waals surface area contributed by atoms with Gasteiger partial charge in [0.25, 0.3) is 11.6 Å². The van der Waals surface area contributed by atoms with E-state index >= 15 is 0 Å². The van der Waals surface area contributed by atoms with Crippen LogP contribution in [0.3, 0.4) is 0 Å². The largest absolute Gasteiger partial charge is 0.493 e. The van der Waals surface area contributed by atoms with Gasteiger partial charge in [0.15, 0.2) is 11.5 Å². The van der Waals surface area contributed by atoms with Gasteiger partial charge in [0, 0.05) is 34.9 Å². The summed E-state index contributed by atoms with van der Waals surface area (Å²) in [7, 11) is 0. The average Bonchev–Trinajstić information content (AvgIpc) is 3.03. The van der Waals surface area contributed by atoms with Crippen molar-refractivity contribution < 1.29 is 41.7 Å². The zero-order chi connectivity index (χ0) is 34.2. The summed E-state index contributed by atoms with van der Waals surface area (Å²) < 4.78 is 64.1. The first-order valence-electron chi connectivity index (χ1n) is 15.0. The Morgan fingerprint density at radius 2 is 1.70 bits per heavy atom. The van der Waals surface area contributed by atoms with Crippen molar-refractivity contribution in [3.63, 3.8) is 0 Å². The van der Waals surface area contributed by atoms with Crippen LogP contribution in [0.5, 0.6) is 17.2 Å². The molecule has 10 nitrogen and oxygen atoms in total. The lowest BCUT2D eigenvalue weighted by atomic mass is 9.99. The summed E-state index contributed by atoms with van der Waals surface area (Å²) in [4.78, 5) is 31.0. The maximum Gasteiger partial charge on any atom is 0.491 e. The molecule has 3 aromatic carbocycles. The van der Waals surface area contributed by atoms with E-state index in [1.54, 1.807) is 63.2 Å². The monoisotopic (exact) mass is 654 g/mol. The normalized spacial score (nSPS) is 12.7. The van der Waals surface area contributed by atoms with Gasteiger partial charge in [-0.15, -0.1) is 0 Å². The van der Waals surface area contributed by atoms with Crippen molar-refractivity contribution in [2.75, 3.05) is 24.3 Å². The van der Waals surface area contributed by atoms with Crippen molar-refractivity contribution in [1.29, 1.82) is 0 Å². The van der Waals surface area contributed by atoms with Gasteiger partial charge in [-0.05, 0) is 81.1 Å². The molecular formula is C34H37F3N4O6. The van der Waals surface area contributed by atoms with E-state index in [0.717, 1.165) is 6.42 Å². The molecule has 0 aliphatic carbocycles. The van der Waals surface area contributed by atoms with Crippen molar-refractivity contribution >= 4 is 34.2 Å².